The normalized spacial score (nSPS) is 10.2. The lowest BCUT2D eigenvalue weighted by Crippen LogP contribution is -2.09. The number of nitro groups is 1. The predicted molar refractivity (Wildman–Crippen MR) is 72.9 cm³/mol. The summed E-state index contributed by atoms with van der Waals surface area (Å²) in [4.78, 5) is 14.0. The van der Waals surface area contributed by atoms with Crippen LogP contribution in [0.3, 0.4) is 0 Å². The van der Waals surface area contributed by atoms with Crippen LogP contribution in [0.5, 0.6) is 11.6 Å². The molecule has 7 nitrogen and oxygen atoms in total. The van der Waals surface area contributed by atoms with Crippen LogP contribution in [0.15, 0.2) is 34.8 Å². The Morgan fingerprint density at radius 2 is 2.15 bits per heavy atom. The second kappa shape index (κ2) is 5.80. The first-order chi connectivity index (χ1) is 9.51. The lowest BCUT2D eigenvalue weighted by atomic mass is 10.3. The lowest BCUT2D eigenvalue weighted by Gasteiger charge is -2.08. The molecule has 0 saturated carbocycles. The summed E-state index contributed by atoms with van der Waals surface area (Å²) < 4.78 is 19.3. The van der Waals surface area contributed by atoms with Crippen molar-refractivity contribution >= 4 is 27.4 Å². The number of pyridine rings is 1. The Balaban J connectivity index is 2.45. The number of nitrogens with zero attached hydrogens (tertiary/aromatic N) is 2. The second-order valence-electron chi connectivity index (χ2n) is 3.60. The average Bonchev–Trinajstić information content (AvgIpc) is 2.42. The summed E-state index contributed by atoms with van der Waals surface area (Å²) in [6.45, 7) is 0. The molecule has 1 aromatic carbocycles. The maximum atomic E-state index is 13.6. The van der Waals surface area contributed by atoms with Crippen molar-refractivity contribution in [2.24, 2.45) is 5.84 Å². The maximum Gasteiger partial charge on any atom is 0.331 e. The quantitative estimate of drug-likeness (QED) is 0.503. The first-order valence-electron chi connectivity index (χ1n) is 5.26. The Kier molecular flexibility index (Phi) is 4.11. The van der Waals surface area contributed by atoms with Gasteiger partial charge in [0.25, 0.3) is 0 Å². The van der Waals surface area contributed by atoms with Gasteiger partial charge in [-0.05, 0) is 24.3 Å². The molecular weight excluding hydrogens is 335 g/mol. The summed E-state index contributed by atoms with van der Waals surface area (Å²) >= 11 is 3.15. The van der Waals surface area contributed by atoms with Crippen molar-refractivity contribution in [1.82, 2.24) is 4.98 Å². The number of nitrogens with one attached hydrogen (secondary N) is 1. The Hall–Kier alpha value is -2.26. The summed E-state index contributed by atoms with van der Waals surface area (Å²) in [7, 11) is 0. The molecular formula is C11H8BrFN4O3. The average molecular weight is 343 g/mol. The van der Waals surface area contributed by atoms with E-state index in [1.807, 2.05) is 0 Å². The standard InChI is InChI=1S/C11H8BrFN4O3/c12-6-1-2-7(13)9(5-6)20-11-8(17(18)19)3-4-10(15-11)16-14/h1-5H,14H2,(H,15,16). The van der Waals surface area contributed by atoms with Crippen LogP contribution in [0.25, 0.3) is 0 Å². The van der Waals surface area contributed by atoms with Gasteiger partial charge in [0.2, 0.25) is 0 Å². The first-order valence-corrected chi connectivity index (χ1v) is 6.05. The van der Waals surface area contributed by atoms with E-state index in [4.69, 9.17) is 10.6 Å². The van der Waals surface area contributed by atoms with Gasteiger partial charge < -0.3 is 10.2 Å². The molecule has 0 aliphatic carbocycles. The van der Waals surface area contributed by atoms with Gasteiger partial charge in [-0.3, -0.25) is 10.1 Å². The number of aromatic nitrogens is 1. The zero-order valence-electron chi connectivity index (χ0n) is 9.84. The highest BCUT2D eigenvalue weighted by atomic mass is 79.9. The number of rotatable bonds is 4. The van der Waals surface area contributed by atoms with Crippen molar-refractivity contribution in [1.29, 1.82) is 0 Å². The van der Waals surface area contributed by atoms with Crippen LogP contribution in [-0.2, 0) is 0 Å². The Morgan fingerprint density at radius 3 is 2.80 bits per heavy atom. The van der Waals surface area contributed by atoms with E-state index in [1.165, 1.54) is 18.2 Å². The zero-order valence-corrected chi connectivity index (χ0v) is 11.4. The molecule has 0 saturated heterocycles. The van der Waals surface area contributed by atoms with Gasteiger partial charge >= 0.3 is 11.6 Å². The third-order valence-corrected chi connectivity index (χ3v) is 2.78. The number of benzene rings is 1. The van der Waals surface area contributed by atoms with Crippen LogP contribution in [0.4, 0.5) is 15.9 Å². The number of anilines is 1. The van der Waals surface area contributed by atoms with Crippen molar-refractivity contribution in [3.05, 3.63) is 50.7 Å². The molecule has 0 aliphatic rings. The van der Waals surface area contributed by atoms with E-state index in [0.717, 1.165) is 12.1 Å². The topological polar surface area (TPSA) is 103 Å². The van der Waals surface area contributed by atoms with Crippen molar-refractivity contribution in [3.63, 3.8) is 0 Å². The molecule has 104 valence electrons. The van der Waals surface area contributed by atoms with Gasteiger partial charge in [-0.25, -0.2) is 10.2 Å². The number of hydrazine groups is 1. The van der Waals surface area contributed by atoms with Crippen LogP contribution >= 0.6 is 15.9 Å². The molecule has 0 aliphatic heterocycles. The summed E-state index contributed by atoms with van der Waals surface area (Å²) in [5.41, 5.74) is 1.83. The smallest absolute Gasteiger partial charge is 0.331 e. The van der Waals surface area contributed by atoms with E-state index < -0.39 is 16.4 Å². The number of hydrogen-bond donors (Lipinski definition) is 2. The van der Waals surface area contributed by atoms with Crippen molar-refractivity contribution < 1.29 is 14.1 Å². The van der Waals surface area contributed by atoms with Gasteiger partial charge in [0.1, 0.15) is 5.82 Å². The van der Waals surface area contributed by atoms with Crippen LogP contribution < -0.4 is 16.0 Å². The van der Waals surface area contributed by atoms with Gasteiger partial charge in [0, 0.05) is 10.5 Å². The highest BCUT2D eigenvalue weighted by Gasteiger charge is 2.19. The van der Waals surface area contributed by atoms with Gasteiger partial charge in [-0.15, -0.1) is 0 Å². The van der Waals surface area contributed by atoms with E-state index in [0.29, 0.717) is 4.47 Å². The fourth-order valence-electron chi connectivity index (χ4n) is 1.39. The molecule has 2 rings (SSSR count). The fourth-order valence-corrected chi connectivity index (χ4v) is 1.73. The number of hydrogen-bond acceptors (Lipinski definition) is 6. The van der Waals surface area contributed by atoms with Gasteiger partial charge in [-0.2, -0.15) is 4.98 Å². The third kappa shape index (κ3) is 3.00. The van der Waals surface area contributed by atoms with E-state index in [-0.39, 0.29) is 17.4 Å². The SMILES string of the molecule is NNc1ccc([N+](=O)[O-])c(Oc2cc(Br)ccc2F)n1. The molecule has 0 atom stereocenters. The highest BCUT2D eigenvalue weighted by molar-refractivity contribution is 9.10. The van der Waals surface area contributed by atoms with Crippen molar-refractivity contribution in [3.8, 4) is 11.6 Å². The minimum atomic E-state index is -0.682. The summed E-state index contributed by atoms with van der Waals surface area (Å²) in [6.07, 6.45) is 0. The molecule has 0 spiro atoms. The van der Waals surface area contributed by atoms with Gasteiger partial charge in [0.15, 0.2) is 11.6 Å². The number of ether oxygens (including phenoxy) is 1. The third-order valence-electron chi connectivity index (χ3n) is 2.28. The fraction of sp³-hybridized carbons (Fsp3) is 0. The number of nitrogen functional groups attached to an aromatic ring is 1. The summed E-state index contributed by atoms with van der Waals surface area (Å²) in [5.74, 6) is 4.11. The minimum absolute atomic E-state index is 0.154. The summed E-state index contributed by atoms with van der Waals surface area (Å²) in [6, 6.07) is 6.44. The molecule has 2 aromatic rings. The van der Waals surface area contributed by atoms with E-state index in [1.54, 1.807) is 0 Å². The molecule has 1 heterocycles. The van der Waals surface area contributed by atoms with Crippen molar-refractivity contribution in [2.45, 2.75) is 0 Å². The summed E-state index contributed by atoms with van der Waals surface area (Å²) in [5, 5.41) is 10.9. The molecule has 1 aromatic heterocycles. The minimum Gasteiger partial charge on any atom is -0.430 e. The van der Waals surface area contributed by atoms with Crippen molar-refractivity contribution in [2.75, 3.05) is 5.43 Å². The van der Waals surface area contributed by atoms with Crippen LogP contribution in [0.1, 0.15) is 0 Å². The molecule has 0 amide bonds. The Labute approximate surface area is 120 Å². The maximum absolute atomic E-state index is 13.6. The largest absolute Gasteiger partial charge is 0.430 e. The Morgan fingerprint density at radius 1 is 1.40 bits per heavy atom. The van der Waals surface area contributed by atoms with Crippen LogP contribution in [0.2, 0.25) is 0 Å². The van der Waals surface area contributed by atoms with Gasteiger partial charge in [-0.1, -0.05) is 15.9 Å². The molecule has 0 fully saturated rings. The lowest BCUT2D eigenvalue weighted by molar-refractivity contribution is -0.386. The molecule has 0 bridgehead atoms. The Bertz CT molecular complexity index is 668. The molecule has 9 heteroatoms. The van der Waals surface area contributed by atoms with Crippen LogP contribution in [0, 0.1) is 15.9 Å². The van der Waals surface area contributed by atoms with E-state index in [9.17, 15) is 14.5 Å². The molecule has 3 N–H and O–H groups in total. The van der Waals surface area contributed by atoms with Gasteiger partial charge in [0.05, 0.1) is 4.92 Å². The molecule has 20 heavy (non-hydrogen) atoms. The zero-order chi connectivity index (χ0) is 14.7. The molecule has 0 unspecified atom stereocenters. The van der Waals surface area contributed by atoms with E-state index >= 15 is 0 Å². The molecule has 0 radical (unpaired) electrons. The predicted octanol–water partition coefficient (Wildman–Crippen LogP) is 2.97. The number of halogens is 2. The second-order valence-corrected chi connectivity index (χ2v) is 4.51. The monoisotopic (exact) mass is 342 g/mol. The highest BCUT2D eigenvalue weighted by Crippen LogP contribution is 2.33. The van der Waals surface area contributed by atoms with Crippen LogP contribution in [-0.4, -0.2) is 9.91 Å². The van der Waals surface area contributed by atoms with E-state index in [2.05, 4.69) is 26.3 Å². The first kappa shape index (κ1) is 14.2. The number of nitrogens with two attached hydrogens (primary N) is 1.